The van der Waals surface area contributed by atoms with Crippen molar-refractivity contribution in [1.29, 1.82) is 0 Å². The third kappa shape index (κ3) is 2.61. The van der Waals surface area contributed by atoms with Gasteiger partial charge in [0.05, 0.1) is 11.5 Å². The van der Waals surface area contributed by atoms with Gasteiger partial charge in [0, 0.05) is 23.8 Å². The van der Waals surface area contributed by atoms with Crippen LogP contribution in [-0.2, 0) is 23.9 Å². The van der Waals surface area contributed by atoms with E-state index in [1.807, 2.05) is 6.92 Å². The minimum Gasteiger partial charge on any atom is -0.462 e. The zero-order valence-electron chi connectivity index (χ0n) is 17.4. The van der Waals surface area contributed by atoms with Crippen LogP contribution in [0.1, 0.15) is 53.4 Å². The largest absolute Gasteiger partial charge is 0.462 e. The third-order valence-corrected chi connectivity index (χ3v) is 9.09. The van der Waals surface area contributed by atoms with Gasteiger partial charge in [0.15, 0.2) is 11.4 Å². The van der Waals surface area contributed by atoms with Crippen molar-refractivity contribution in [2.75, 3.05) is 6.61 Å². The Hall–Kier alpha value is -1.40. The molecule has 0 bridgehead atoms. The summed E-state index contributed by atoms with van der Waals surface area (Å²) in [7, 11) is 0. The number of hydrogen-bond donors (Lipinski definition) is 1. The lowest BCUT2D eigenvalue weighted by Gasteiger charge is -2.60. The molecule has 0 radical (unpaired) electrons. The molecular formula is C22H29ClO6. The first-order chi connectivity index (χ1) is 13.5. The lowest BCUT2D eigenvalue weighted by molar-refractivity contribution is -0.193. The molecular weight excluding hydrogens is 396 g/mol. The van der Waals surface area contributed by atoms with Crippen LogP contribution < -0.4 is 0 Å². The van der Waals surface area contributed by atoms with E-state index in [9.17, 15) is 19.5 Å². The number of esters is 2. The molecule has 0 amide bonds. The van der Waals surface area contributed by atoms with Crippen LogP contribution in [0, 0.1) is 28.6 Å². The van der Waals surface area contributed by atoms with E-state index >= 15 is 0 Å². The van der Waals surface area contributed by atoms with Gasteiger partial charge in [-0.2, -0.15) is 0 Å². The normalized spacial score (nSPS) is 48.6. The van der Waals surface area contributed by atoms with Gasteiger partial charge in [-0.05, 0) is 55.9 Å². The molecule has 160 valence electrons. The smallest absolute Gasteiger partial charge is 0.330 e. The second-order valence-corrected chi connectivity index (χ2v) is 10.2. The number of rotatable bonds is 2. The van der Waals surface area contributed by atoms with Gasteiger partial charge in [-0.3, -0.25) is 9.59 Å². The minimum atomic E-state index is -1.16. The Morgan fingerprint density at radius 1 is 1.21 bits per heavy atom. The van der Waals surface area contributed by atoms with Crippen LogP contribution in [0.4, 0.5) is 0 Å². The van der Waals surface area contributed by atoms with Crippen LogP contribution in [0.3, 0.4) is 0 Å². The highest BCUT2D eigenvalue weighted by molar-refractivity contribution is 6.23. The zero-order valence-corrected chi connectivity index (χ0v) is 18.1. The van der Waals surface area contributed by atoms with Crippen molar-refractivity contribution in [2.45, 2.75) is 70.5 Å². The highest BCUT2D eigenvalue weighted by atomic mass is 35.5. The summed E-state index contributed by atoms with van der Waals surface area (Å²) in [6.45, 7) is 7.17. The number of fused-ring (bicyclic) bond motifs is 5. The van der Waals surface area contributed by atoms with Crippen LogP contribution in [0.5, 0.6) is 0 Å². The number of aliphatic hydroxyl groups excluding tert-OH is 1. The summed E-state index contributed by atoms with van der Waals surface area (Å²) in [5.41, 5.74) is -1.41. The number of carbonyl (C=O) groups excluding carboxylic acids is 3. The van der Waals surface area contributed by atoms with E-state index in [0.29, 0.717) is 19.3 Å². The SMILES string of the molecule is CC(=O)O[C@]1(C(C)=O)CCC2C3C(O)[C@@H](Cl)C4=CC(=O)OCC4(C)C3CCC21C. The quantitative estimate of drug-likeness (QED) is 0.541. The number of ketones is 1. The fourth-order valence-electron chi connectivity index (χ4n) is 7.21. The van der Waals surface area contributed by atoms with E-state index < -0.39 is 39.9 Å². The van der Waals surface area contributed by atoms with Gasteiger partial charge in [0.1, 0.15) is 6.61 Å². The fourth-order valence-corrected chi connectivity index (χ4v) is 7.69. The Morgan fingerprint density at radius 3 is 2.48 bits per heavy atom. The Labute approximate surface area is 175 Å². The van der Waals surface area contributed by atoms with Crippen LogP contribution in [-0.4, -0.2) is 46.5 Å². The van der Waals surface area contributed by atoms with Crippen LogP contribution in [0.2, 0.25) is 0 Å². The molecule has 29 heavy (non-hydrogen) atoms. The van der Waals surface area contributed by atoms with E-state index in [1.54, 1.807) is 0 Å². The number of hydrogen-bond acceptors (Lipinski definition) is 6. The van der Waals surface area contributed by atoms with Crippen molar-refractivity contribution in [3.8, 4) is 0 Å². The molecule has 4 aliphatic rings. The maximum Gasteiger partial charge on any atom is 0.330 e. The van der Waals surface area contributed by atoms with E-state index in [0.717, 1.165) is 12.0 Å². The number of Topliss-reactive ketones (excluding diaryl/α,β-unsaturated/α-hetero) is 1. The highest BCUT2D eigenvalue weighted by Gasteiger charge is 2.70. The predicted molar refractivity (Wildman–Crippen MR) is 105 cm³/mol. The second kappa shape index (κ2) is 6.55. The average Bonchev–Trinajstić information content (AvgIpc) is 2.94. The lowest BCUT2D eigenvalue weighted by atomic mass is 9.46. The molecule has 6 nitrogen and oxygen atoms in total. The molecule has 0 spiro atoms. The van der Waals surface area contributed by atoms with E-state index in [2.05, 4.69) is 6.92 Å². The van der Waals surface area contributed by atoms with E-state index in [-0.39, 0.29) is 30.1 Å². The first kappa shape index (κ1) is 20.9. The van der Waals surface area contributed by atoms with Crippen molar-refractivity contribution in [3.05, 3.63) is 11.6 Å². The van der Waals surface area contributed by atoms with Gasteiger partial charge < -0.3 is 14.6 Å². The summed E-state index contributed by atoms with van der Waals surface area (Å²) in [5.74, 6) is -1.11. The summed E-state index contributed by atoms with van der Waals surface area (Å²) in [4.78, 5) is 36.5. The number of alkyl halides is 1. The molecule has 3 fully saturated rings. The Kier molecular flexibility index (Phi) is 4.71. The van der Waals surface area contributed by atoms with Crippen LogP contribution in [0.15, 0.2) is 11.6 Å². The topological polar surface area (TPSA) is 89.9 Å². The second-order valence-electron chi connectivity index (χ2n) is 9.78. The first-order valence-corrected chi connectivity index (χ1v) is 10.8. The average molecular weight is 425 g/mol. The van der Waals surface area contributed by atoms with Crippen molar-refractivity contribution >= 4 is 29.3 Å². The summed E-state index contributed by atoms with van der Waals surface area (Å²) in [6, 6.07) is 0. The maximum absolute atomic E-state index is 12.8. The Morgan fingerprint density at radius 2 is 1.86 bits per heavy atom. The maximum atomic E-state index is 12.8. The van der Waals surface area contributed by atoms with Crippen LogP contribution >= 0.6 is 11.6 Å². The molecule has 0 aromatic rings. The molecule has 0 saturated heterocycles. The molecule has 8 atom stereocenters. The van der Waals surface area contributed by atoms with Crippen molar-refractivity contribution < 1.29 is 29.0 Å². The number of cyclic esters (lactones) is 1. The first-order valence-electron chi connectivity index (χ1n) is 10.4. The number of ether oxygens (including phenoxy) is 2. The van der Waals surface area contributed by atoms with Gasteiger partial charge in [0.25, 0.3) is 0 Å². The Bertz CT molecular complexity index is 807. The monoisotopic (exact) mass is 424 g/mol. The third-order valence-electron chi connectivity index (χ3n) is 8.60. The number of carbonyl (C=O) groups is 3. The molecule has 3 aliphatic carbocycles. The van der Waals surface area contributed by atoms with Gasteiger partial charge in [-0.15, -0.1) is 11.6 Å². The standard InChI is InChI=1S/C22H29ClO6/c1-11(24)22(29-12(2)25)8-6-14-17-13(5-7-21(14,22)4)20(3)10-28-16(26)9-15(20)18(23)19(17)27/h9,13-14,17-19,27H,5-8,10H2,1-4H3/t13?,14?,17?,18-,19?,20?,21?,22-/m0/s1. The highest BCUT2D eigenvalue weighted by Crippen LogP contribution is 2.68. The summed E-state index contributed by atoms with van der Waals surface area (Å²) in [5, 5.41) is 10.6. The lowest BCUT2D eigenvalue weighted by Crippen LogP contribution is -2.63. The molecule has 0 aromatic carbocycles. The Balaban J connectivity index is 1.78. The van der Waals surface area contributed by atoms with Crippen molar-refractivity contribution in [1.82, 2.24) is 0 Å². The molecule has 1 aliphatic heterocycles. The van der Waals surface area contributed by atoms with Crippen molar-refractivity contribution in [2.24, 2.45) is 28.6 Å². The molecule has 1 heterocycles. The number of aliphatic hydroxyl groups is 1. The summed E-state index contributed by atoms with van der Waals surface area (Å²) >= 11 is 6.69. The summed E-state index contributed by atoms with van der Waals surface area (Å²) < 4.78 is 11.1. The van der Waals surface area contributed by atoms with E-state index in [1.165, 1.54) is 19.9 Å². The summed E-state index contributed by atoms with van der Waals surface area (Å²) in [6.07, 6.45) is 3.18. The predicted octanol–water partition coefficient (Wildman–Crippen LogP) is 2.79. The van der Waals surface area contributed by atoms with Crippen molar-refractivity contribution in [3.63, 3.8) is 0 Å². The fraction of sp³-hybridized carbons (Fsp3) is 0.773. The molecule has 7 heteroatoms. The molecule has 0 aromatic heterocycles. The van der Waals surface area contributed by atoms with E-state index in [4.69, 9.17) is 21.1 Å². The molecule has 6 unspecified atom stereocenters. The molecule has 3 saturated carbocycles. The van der Waals surface area contributed by atoms with Gasteiger partial charge in [-0.1, -0.05) is 13.8 Å². The van der Waals surface area contributed by atoms with Gasteiger partial charge >= 0.3 is 11.9 Å². The van der Waals surface area contributed by atoms with Gasteiger partial charge in [-0.25, -0.2) is 4.79 Å². The number of halogens is 1. The minimum absolute atomic E-state index is 0.0169. The van der Waals surface area contributed by atoms with Gasteiger partial charge in [0.2, 0.25) is 0 Å². The molecule has 1 N–H and O–H groups in total. The zero-order chi connectivity index (χ0) is 21.4. The molecule has 4 rings (SSSR count). The van der Waals surface area contributed by atoms with Crippen LogP contribution in [0.25, 0.3) is 0 Å².